The first kappa shape index (κ1) is 20.4. The smallest absolute Gasteiger partial charge is 0.273 e. The zero-order valence-electron chi connectivity index (χ0n) is 15.8. The molecule has 7 nitrogen and oxygen atoms in total. The van der Waals surface area contributed by atoms with Crippen molar-refractivity contribution in [2.24, 2.45) is 0 Å². The summed E-state index contributed by atoms with van der Waals surface area (Å²) in [5.41, 5.74) is 0.613. The summed E-state index contributed by atoms with van der Waals surface area (Å²) in [6.45, 7) is 8.13. The number of carbonyl (C=O) groups excluding carboxylic acids is 1. The zero-order valence-corrected chi connectivity index (χ0v) is 15.8. The van der Waals surface area contributed by atoms with E-state index in [4.69, 9.17) is 4.74 Å². The average Bonchev–Trinajstić information content (AvgIpc) is 2.67. The van der Waals surface area contributed by atoms with Crippen molar-refractivity contribution >= 4 is 5.91 Å². The van der Waals surface area contributed by atoms with Crippen molar-refractivity contribution in [3.8, 4) is 17.1 Å². The molecule has 2 aromatic rings. The minimum atomic E-state index is -0.339. The summed E-state index contributed by atoms with van der Waals surface area (Å²) in [5, 5.41) is 11.0. The van der Waals surface area contributed by atoms with E-state index in [2.05, 4.69) is 27.1 Å². The van der Waals surface area contributed by atoms with Crippen LogP contribution in [-0.4, -0.2) is 33.7 Å². The Hall–Kier alpha value is -2.96. The van der Waals surface area contributed by atoms with Crippen LogP contribution in [0.4, 0.5) is 0 Å². The van der Waals surface area contributed by atoms with Crippen LogP contribution < -0.4 is 15.6 Å². The molecule has 0 aliphatic heterocycles. The van der Waals surface area contributed by atoms with Gasteiger partial charge in [-0.15, -0.1) is 16.8 Å². The summed E-state index contributed by atoms with van der Waals surface area (Å²) in [4.78, 5) is 26.8. The van der Waals surface area contributed by atoms with Gasteiger partial charge in [0, 0.05) is 24.4 Å². The molecule has 0 aliphatic rings. The van der Waals surface area contributed by atoms with E-state index in [0.29, 0.717) is 23.7 Å². The lowest BCUT2D eigenvalue weighted by atomic mass is 10.2. The number of amides is 1. The summed E-state index contributed by atoms with van der Waals surface area (Å²) in [6, 6.07) is 7.39. The highest BCUT2D eigenvalue weighted by atomic mass is 16.5. The molecule has 0 saturated carbocycles. The maximum atomic E-state index is 12.3. The van der Waals surface area contributed by atoms with E-state index < -0.39 is 0 Å². The second-order valence-corrected chi connectivity index (χ2v) is 6.28. The molecule has 0 aliphatic carbocycles. The van der Waals surface area contributed by atoms with Crippen molar-refractivity contribution in [3.63, 3.8) is 0 Å². The number of hydrogen-bond donors (Lipinski definition) is 2. The number of aromatic amines is 1. The van der Waals surface area contributed by atoms with Crippen molar-refractivity contribution < 1.29 is 9.53 Å². The second-order valence-electron chi connectivity index (χ2n) is 6.28. The molecular formula is C20H26N4O3. The third-order valence-electron chi connectivity index (χ3n) is 4.07. The lowest BCUT2D eigenvalue weighted by molar-refractivity contribution is -0.121. The monoisotopic (exact) mass is 370 g/mol. The molecule has 144 valence electrons. The first-order chi connectivity index (χ1) is 13.0. The number of carbonyl (C=O) groups is 1. The van der Waals surface area contributed by atoms with Gasteiger partial charge in [-0.3, -0.25) is 9.59 Å². The highest BCUT2D eigenvalue weighted by molar-refractivity contribution is 5.76. The molecule has 0 saturated heterocycles. The highest BCUT2D eigenvalue weighted by Crippen LogP contribution is 2.20. The maximum Gasteiger partial charge on any atom is 0.273 e. The fourth-order valence-electron chi connectivity index (χ4n) is 2.33. The number of aromatic nitrogens is 3. The van der Waals surface area contributed by atoms with Crippen molar-refractivity contribution in [2.45, 2.75) is 45.6 Å². The average molecular weight is 370 g/mol. The van der Waals surface area contributed by atoms with Crippen LogP contribution >= 0.6 is 0 Å². The van der Waals surface area contributed by atoms with Crippen LogP contribution in [0.3, 0.4) is 0 Å². The predicted molar refractivity (Wildman–Crippen MR) is 105 cm³/mol. The Labute approximate surface area is 158 Å². The number of aryl methyl sites for hydroxylation is 1. The van der Waals surface area contributed by atoms with Crippen LogP contribution in [0.1, 0.15) is 38.8 Å². The Kier molecular flexibility index (Phi) is 7.73. The second kappa shape index (κ2) is 10.3. The molecule has 1 aromatic heterocycles. The maximum absolute atomic E-state index is 12.3. The Bertz CT molecular complexity index is 832. The zero-order chi connectivity index (χ0) is 19.6. The number of rotatable bonds is 10. The van der Waals surface area contributed by atoms with Crippen molar-refractivity contribution in [1.29, 1.82) is 0 Å². The van der Waals surface area contributed by atoms with Crippen molar-refractivity contribution in [1.82, 2.24) is 20.5 Å². The molecule has 1 aromatic carbocycles. The molecule has 0 fully saturated rings. The number of hydrogen-bond acceptors (Lipinski definition) is 5. The molecule has 2 N–H and O–H groups in total. The van der Waals surface area contributed by atoms with E-state index in [1.54, 1.807) is 12.1 Å². The molecule has 7 heteroatoms. The molecular weight excluding hydrogens is 344 g/mol. The lowest BCUT2D eigenvalue weighted by Gasteiger charge is -2.10. The van der Waals surface area contributed by atoms with Gasteiger partial charge >= 0.3 is 0 Å². The van der Waals surface area contributed by atoms with Gasteiger partial charge in [-0.25, -0.2) is 0 Å². The van der Waals surface area contributed by atoms with Gasteiger partial charge in [0.2, 0.25) is 5.91 Å². The van der Waals surface area contributed by atoms with Gasteiger partial charge in [-0.1, -0.05) is 25.1 Å². The van der Waals surface area contributed by atoms with Gasteiger partial charge < -0.3 is 15.0 Å². The van der Waals surface area contributed by atoms with E-state index in [1.807, 2.05) is 32.0 Å². The van der Waals surface area contributed by atoms with E-state index in [-0.39, 0.29) is 36.0 Å². The van der Waals surface area contributed by atoms with E-state index in [0.717, 1.165) is 12.8 Å². The van der Waals surface area contributed by atoms with Crippen LogP contribution in [-0.2, 0) is 11.2 Å². The quantitative estimate of drug-likeness (QED) is 0.495. The van der Waals surface area contributed by atoms with Gasteiger partial charge in [0.25, 0.3) is 5.56 Å². The van der Waals surface area contributed by atoms with Crippen LogP contribution in [0.2, 0.25) is 0 Å². The van der Waals surface area contributed by atoms with Crippen LogP contribution in [0.5, 0.6) is 5.75 Å². The van der Waals surface area contributed by atoms with Crippen LogP contribution in [0, 0.1) is 0 Å². The SMILES string of the molecule is C=CCCOc1cccc(-c2nnc(CCC(=O)N[C@@H](C)CC)c(=O)[nH]2)c1. The number of ether oxygens (including phenoxy) is 1. The molecule has 0 bridgehead atoms. The molecule has 0 radical (unpaired) electrons. The normalized spacial score (nSPS) is 11.6. The predicted octanol–water partition coefficient (Wildman–Crippen LogP) is 2.63. The molecule has 0 unspecified atom stereocenters. The Morgan fingerprint density at radius 1 is 1.41 bits per heavy atom. The van der Waals surface area contributed by atoms with Gasteiger partial charge in [0.15, 0.2) is 5.82 Å². The minimum absolute atomic E-state index is 0.0981. The summed E-state index contributed by atoms with van der Waals surface area (Å²) >= 11 is 0. The van der Waals surface area contributed by atoms with Gasteiger partial charge in [0.1, 0.15) is 11.4 Å². The molecule has 27 heavy (non-hydrogen) atoms. The fraction of sp³-hybridized carbons (Fsp3) is 0.400. The lowest BCUT2D eigenvalue weighted by Crippen LogP contribution is -2.32. The summed E-state index contributed by atoms with van der Waals surface area (Å²) in [6.07, 6.45) is 3.84. The molecule has 2 rings (SSSR count). The van der Waals surface area contributed by atoms with E-state index >= 15 is 0 Å². The minimum Gasteiger partial charge on any atom is -0.493 e. The summed E-state index contributed by atoms with van der Waals surface area (Å²) in [7, 11) is 0. The van der Waals surface area contributed by atoms with Crippen molar-refractivity contribution in [3.05, 3.63) is 53.0 Å². The first-order valence-electron chi connectivity index (χ1n) is 9.12. The first-order valence-corrected chi connectivity index (χ1v) is 9.12. The summed E-state index contributed by atoms with van der Waals surface area (Å²) in [5.74, 6) is 0.948. The topological polar surface area (TPSA) is 97.0 Å². The van der Waals surface area contributed by atoms with E-state index in [1.165, 1.54) is 0 Å². The largest absolute Gasteiger partial charge is 0.493 e. The van der Waals surface area contributed by atoms with Gasteiger partial charge in [-0.2, -0.15) is 0 Å². The van der Waals surface area contributed by atoms with Crippen LogP contribution in [0.15, 0.2) is 41.7 Å². The third kappa shape index (κ3) is 6.36. The fourth-order valence-corrected chi connectivity index (χ4v) is 2.33. The Morgan fingerprint density at radius 3 is 2.93 bits per heavy atom. The summed E-state index contributed by atoms with van der Waals surface area (Å²) < 4.78 is 5.61. The Morgan fingerprint density at radius 2 is 2.22 bits per heavy atom. The number of nitrogens with one attached hydrogen (secondary N) is 2. The van der Waals surface area contributed by atoms with Crippen molar-refractivity contribution in [2.75, 3.05) is 6.61 Å². The number of nitrogens with zero attached hydrogens (tertiary/aromatic N) is 2. The van der Waals surface area contributed by atoms with Gasteiger partial charge in [0.05, 0.1) is 6.61 Å². The molecule has 1 heterocycles. The molecule has 0 spiro atoms. The number of benzene rings is 1. The Balaban J connectivity index is 2.04. The van der Waals surface area contributed by atoms with Crippen LogP contribution in [0.25, 0.3) is 11.4 Å². The molecule has 1 amide bonds. The molecule has 1 atom stereocenters. The van der Waals surface area contributed by atoms with Gasteiger partial charge in [-0.05, 0) is 31.9 Å². The highest BCUT2D eigenvalue weighted by Gasteiger charge is 2.11. The van der Waals surface area contributed by atoms with E-state index in [9.17, 15) is 9.59 Å². The standard InChI is InChI=1S/C20H26N4O3/c1-4-6-12-27-16-9-7-8-15(13-16)19-22-20(26)17(23-24-19)10-11-18(25)21-14(3)5-2/h4,7-9,13-14H,1,5-6,10-12H2,2-3H3,(H,21,25)(H,22,24,26)/t14-/m0/s1. The number of H-pyrrole nitrogens is 1. The third-order valence-corrected chi connectivity index (χ3v) is 4.07.